The van der Waals surface area contributed by atoms with Gasteiger partial charge in [0.1, 0.15) is 0 Å². The van der Waals surface area contributed by atoms with Crippen molar-refractivity contribution >= 4 is 0 Å². The van der Waals surface area contributed by atoms with E-state index in [1.165, 1.54) is 47.9 Å². The van der Waals surface area contributed by atoms with Crippen molar-refractivity contribution < 1.29 is 0 Å². The summed E-state index contributed by atoms with van der Waals surface area (Å²) >= 11 is 0. The number of rotatable bonds is 4. The predicted octanol–water partition coefficient (Wildman–Crippen LogP) is 4.12. The van der Waals surface area contributed by atoms with Gasteiger partial charge in [-0.15, -0.1) is 0 Å². The zero-order valence-corrected chi connectivity index (χ0v) is 14.4. The molecule has 0 spiro atoms. The van der Waals surface area contributed by atoms with Gasteiger partial charge in [0.2, 0.25) is 0 Å². The topological polar surface area (TPSA) is 29.3 Å². The van der Waals surface area contributed by atoms with Crippen LogP contribution in [-0.4, -0.2) is 24.5 Å². The highest BCUT2D eigenvalue weighted by Gasteiger charge is 2.27. The maximum atomic E-state index is 6.16. The Morgan fingerprint density at radius 1 is 1.05 bits per heavy atom. The standard InChI is InChI=1S/C19H32N2/c1-13-6-8-17(9-7-13)21(5)19(12-20)18-11-15(3)14(2)10-16(18)4/h10-11,13,17,19H,6-9,12,20H2,1-5H3. The molecule has 0 bridgehead atoms. The Morgan fingerprint density at radius 3 is 2.19 bits per heavy atom. The minimum absolute atomic E-state index is 0.350. The highest BCUT2D eigenvalue weighted by atomic mass is 15.2. The van der Waals surface area contributed by atoms with Crippen LogP contribution in [0.5, 0.6) is 0 Å². The number of hydrogen-bond acceptors (Lipinski definition) is 2. The normalized spacial score (nSPS) is 24.3. The minimum atomic E-state index is 0.350. The van der Waals surface area contributed by atoms with Crippen LogP contribution in [0.15, 0.2) is 12.1 Å². The fourth-order valence-corrected chi connectivity index (χ4v) is 3.76. The Labute approximate surface area is 130 Å². The second-order valence-corrected chi connectivity index (χ2v) is 7.12. The monoisotopic (exact) mass is 288 g/mol. The summed E-state index contributed by atoms with van der Waals surface area (Å²) in [6.07, 6.45) is 5.35. The molecule has 0 amide bonds. The summed E-state index contributed by atoms with van der Waals surface area (Å²) in [6, 6.07) is 5.70. The van der Waals surface area contributed by atoms with Crippen molar-refractivity contribution in [1.29, 1.82) is 0 Å². The van der Waals surface area contributed by atoms with E-state index in [1.54, 1.807) is 0 Å². The van der Waals surface area contributed by atoms with Crippen LogP contribution in [-0.2, 0) is 0 Å². The molecule has 21 heavy (non-hydrogen) atoms. The number of aryl methyl sites for hydroxylation is 3. The van der Waals surface area contributed by atoms with Crippen molar-refractivity contribution in [2.45, 2.75) is 65.5 Å². The molecule has 2 heteroatoms. The summed E-state index contributed by atoms with van der Waals surface area (Å²) in [6.45, 7) is 9.70. The zero-order valence-electron chi connectivity index (χ0n) is 14.4. The maximum absolute atomic E-state index is 6.16. The molecule has 1 unspecified atom stereocenters. The van der Waals surface area contributed by atoms with Gasteiger partial charge in [0.25, 0.3) is 0 Å². The maximum Gasteiger partial charge on any atom is 0.0473 e. The highest BCUT2D eigenvalue weighted by molar-refractivity contribution is 5.38. The first-order chi connectivity index (χ1) is 9.93. The molecule has 0 aliphatic heterocycles. The van der Waals surface area contributed by atoms with Gasteiger partial charge in [-0.05, 0) is 81.7 Å². The van der Waals surface area contributed by atoms with Crippen molar-refractivity contribution in [3.63, 3.8) is 0 Å². The third kappa shape index (κ3) is 3.67. The molecule has 118 valence electrons. The van der Waals surface area contributed by atoms with E-state index in [2.05, 4.69) is 51.8 Å². The van der Waals surface area contributed by atoms with E-state index >= 15 is 0 Å². The SMILES string of the molecule is Cc1cc(C)c(C(CN)N(C)C2CCC(C)CC2)cc1C. The van der Waals surface area contributed by atoms with Gasteiger partial charge in [0.15, 0.2) is 0 Å². The molecule has 1 atom stereocenters. The third-order valence-corrected chi connectivity index (χ3v) is 5.52. The van der Waals surface area contributed by atoms with Crippen LogP contribution >= 0.6 is 0 Å². The number of likely N-dealkylation sites (N-methyl/N-ethyl adjacent to an activating group) is 1. The van der Waals surface area contributed by atoms with E-state index in [9.17, 15) is 0 Å². The van der Waals surface area contributed by atoms with Gasteiger partial charge in [-0.25, -0.2) is 0 Å². The summed E-state index contributed by atoms with van der Waals surface area (Å²) in [5.74, 6) is 0.898. The summed E-state index contributed by atoms with van der Waals surface area (Å²) in [5.41, 5.74) is 11.7. The van der Waals surface area contributed by atoms with Crippen LogP contribution in [0, 0.1) is 26.7 Å². The molecule has 1 fully saturated rings. The number of nitrogens with zero attached hydrogens (tertiary/aromatic N) is 1. The van der Waals surface area contributed by atoms with Crippen molar-refractivity contribution in [3.05, 3.63) is 34.4 Å². The summed E-state index contributed by atoms with van der Waals surface area (Å²) in [4.78, 5) is 2.54. The second kappa shape index (κ2) is 6.93. The van der Waals surface area contributed by atoms with Crippen LogP contribution in [0.4, 0.5) is 0 Å². The largest absolute Gasteiger partial charge is 0.329 e. The van der Waals surface area contributed by atoms with E-state index in [1.807, 2.05) is 0 Å². The number of benzene rings is 1. The van der Waals surface area contributed by atoms with E-state index in [0.717, 1.165) is 5.92 Å². The molecule has 0 aromatic heterocycles. The zero-order chi connectivity index (χ0) is 15.6. The lowest BCUT2D eigenvalue weighted by Crippen LogP contribution is -2.40. The third-order valence-electron chi connectivity index (χ3n) is 5.52. The number of nitrogens with two attached hydrogens (primary N) is 1. The van der Waals surface area contributed by atoms with Crippen molar-refractivity contribution in [2.24, 2.45) is 11.7 Å². The predicted molar refractivity (Wildman–Crippen MR) is 91.6 cm³/mol. The molecule has 0 heterocycles. The Bertz CT molecular complexity index is 473. The molecule has 2 rings (SSSR count). The molecule has 1 aromatic rings. The van der Waals surface area contributed by atoms with Crippen LogP contribution in [0.3, 0.4) is 0 Å². The minimum Gasteiger partial charge on any atom is -0.329 e. The molecule has 1 aromatic carbocycles. The van der Waals surface area contributed by atoms with Gasteiger partial charge >= 0.3 is 0 Å². The first kappa shape index (κ1) is 16.5. The fraction of sp³-hybridized carbons (Fsp3) is 0.684. The Balaban J connectivity index is 2.21. The molecule has 0 radical (unpaired) electrons. The smallest absolute Gasteiger partial charge is 0.0473 e. The molecular weight excluding hydrogens is 256 g/mol. The van der Waals surface area contributed by atoms with Crippen LogP contribution in [0.25, 0.3) is 0 Å². The van der Waals surface area contributed by atoms with E-state index in [0.29, 0.717) is 18.6 Å². The number of hydrogen-bond donors (Lipinski definition) is 1. The lowest BCUT2D eigenvalue weighted by atomic mass is 9.85. The average molecular weight is 288 g/mol. The molecule has 2 N–H and O–H groups in total. The molecule has 0 saturated heterocycles. The first-order valence-corrected chi connectivity index (χ1v) is 8.43. The van der Waals surface area contributed by atoms with E-state index in [4.69, 9.17) is 5.73 Å². The van der Waals surface area contributed by atoms with E-state index < -0.39 is 0 Å². The van der Waals surface area contributed by atoms with Crippen molar-refractivity contribution in [1.82, 2.24) is 4.90 Å². The van der Waals surface area contributed by atoms with E-state index in [-0.39, 0.29) is 0 Å². The van der Waals surface area contributed by atoms with Crippen molar-refractivity contribution in [3.8, 4) is 0 Å². The van der Waals surface area contributed by atoms with Crippen LogP contribution in [0.2, 0.25) is 0 Å². The molecule has 1 saturated carbocycles. The molecule has 2 nitrogen and oxygen atoms in total. The summed E-state index contributed by atoms with van der Waals surface area (Å²) in [7, 11) is 2.27. The lowest BCUT2D eigenvalue weighted by Gasteiger charge is -2.39. The van der Waals surface area contributed by atoms with Crippen LogP contribution in [0.1, 0.15) is 60.9 Å². The summed E-state index contributed by atoms with van der Waals surface area (Å²) in [5, 5.41) is 0. The van der Waals surface area contributed by atoms with Gasteiger partial charge in [-0.2, -0.15) is 0 Å². The second-order valence-electron chi connectivity index (χ2n) is 7.12. The molecule has 1 aliphatic carbocycles. The Kier molecular flexibility index (Phi) is 5.45. The quantitative estimate of drug-likeness (QED) is 0.903. The molecular formula is C19H32N2. The fourth-order valence-electron chi connectivity index (χ4n) is 3.76. The van der Waals surface area contributed by atoms with Gasteiger partial charge < -0.3 is 5.73 Å². The van der Waals surface area contributed by atoms with Gasteiger partial charge in [-0.1, -0.05) is 19.1 Å². The van der Waals surface area contributed by atoms with Crippen LogP contribution < -0.4 is 5.73 Å². The Hall–Kier alpha value is -0.860. The lowest BCUT2D eigenvalue weighted by molar-refractivity contribution is 0.126. The summed E-state index contributed by atoms with van der Waals surface area (Å²) < 4.78 is 0. The first-order valence-electron chi connectivity index (χ1n) is 8.43. The van der Waals surface area contributed by atoms with Crippen molar-refractivity contribution in [2.75, 3.05) is 13.6 Å². The molecule has 1 aliphatic rings. The average Bonchev–Trinajstić information content (AvgIpc) is 2.45. The van der Waals surface area contributed by atoms with Gasteiger partial charge in [0, 0.05) is 18.6 Å². The van der Waals surface area contributed by atoms with Gasteiger partial charge in [-0.3, -0.25) is 4.90 Å². The highest BCUT2D eigenvalue weighted by Crippen LogP contribution is 2.32. The van der Waals surface area contributed by atoms with Gasteiger partial charge in [0.05, 0.1) is 0 Å². The Morgan fingerprint density at radius 2 is 1.62 bits per heavy atom.